The molecule has 4 nitrogen and oxygen atoms in total. The number of nitrogens with zero attached hydrogens (tertiary/aromatic N) is 2. The van der Waals surface area contributed by atoms with Crippen molar-refractivity contribution in [2.24, 2.45) is 0 Å². The number of benzene rings is 1. The summed E-state index contributed by atoms with van der Waals surface area (Å²) < 4.78 is 0. The molecule has 25 heavy (non-hydrogen) atoms. The van der Waals surface area contributed by atoms with Crippen LogP contribution in [0.3, 0.4) is 0 Å². The van der Waals surface area contributed by atoms with Crippen LogP contribution in [0.25, 0.3) is 0 Å². The first kappa shape index (κ1) is 18.7. The van der Waals surface area contributed by atoms with Crippen LogP contribution in [-0.2, 0) is 11.3 Å². The molecule has 1 amide bonds. The molecule has 1 atom stereocenters. The largest absolute Gasteiger partial charge is 0.323 e. The third-order valence-electron chi connectivity index (χ3n) is 4.48. The number of hydrogen-bond donors (Lipinski definition) is 1. The molecule has 1 aromatic carbocycles. The normalized spacial score (nSPS) is 17.4. The number of rotatable bonds is 5. The van der Waals surface area contributed by atoms with Crippen molar-refractivity contribution in [3.63, 3.8) is 0 Å². The third-order valence-corrected chi connectivity index (χ3v) is 5.89. The fourth-order valence-electron chi connectivity index (χ4n) is 2.93. The van der Waals surface area contributed by atoms with E-state index in [1.165, 1.54) is 4.88 Å². The van der Waals surface area contributed by atoms with Gasteiger partial charge in [-0.3, -0.25) is 14.6 Å². The number of amides is 1. The van der Waals surface area contributed by atoms with Crippen LogP contribution in [0.15, 0.2) is 35.7 Å². The van der Waals surface area contributed by atoms with E-state index in [0.717, 1.165) is 32.7 Å². The topological polar surface area (TPSA) is 35.6 Å². The molecule has 1 aliphatic heterocycles. The van der Waals surface area contributed by atoms with Gasteiger partial charge in [-0.15, -0.1) is 11.3 Å². The molecule has 1 aliphatic rings. The van der Waals surface area contributed by atoms with Gasteiger partial charge >= 0.3 is 0 Å². The average Bonchev–Trinajstić information content (AvgIpc) is 3.10. The van der Waals surface area contributed by atoms with Gasteiger partial charge in [0, 0.05) is 42.6 Å². The molecule has 3 rings (SSSR count). The van der Waals surface area contributed by atoms with E-state index >= 15 is 0 Å². The van der Waals surface area contributed by atoms with Crippen LogP contribution >= 0.6 is 34.5 Å². The summed E-state index contributed by atoms with van der Waals surface area (Å²) in [5, 5.41) is 6.02. The summed E-state index contributed by atoms with van der Waals surface area (Å²) in [6, 6.07) is 9.14. The lowest BCUT2D eigenvalue weighted by molar-refractivity contribution is -0.121. The van der Waals surface area contributed by atoms with Crippen LogP contribution in [0.5, 0.6) is 0 Å². The first-order valence-electron chi connectivity index (χ1n) is 8.27. The summed E-state index contributed by atoms with van der Waals surface area (Å²) in [6.07, 6.45) is 0. The maximum Gasteiger partial charge on any atom is 0.241 e. The van der Waals surface area contributed by atoms with E-state index in [-0.39, 0.29) is 11.9 Å². The van der Waals surface area contributed by atoms with E-state index in [2.05, 4.69) is 32.6 Å². The lowest BCUT2D eigenvalue weighted by Crippen LogP contribution is -2.52. The SMILES string of the molecule is C[C@H](C(=O)Nc1ccc(Cl)cc1Cl)N1CCN(Cc2cccs2)CC1. The number of carbonyl (C=O) groups excluding carboxylic acids is 1. The van der Waals surface area contributed by atoms with Crippen LogP contribution < -0.4 is 5.32 Å². The monoisotopic (exact) mass is 397 g/mol. The molecule has 1 fully saturated rings. The minimum atomic E-state index is -0.198. The first-order chi connectivity index (χ1) is 12.0. The van der Waals surface area contributed by atoms with Crippen molar-refractivity contribution in [1.82, 2.24) is 9.80 Å². The van der Waals surface area contributed by atoms with E-state index in [4.69, 9.17) is 23.2 Å². The molecule has 2 heterocycles. The predicted octanol–water partition coefficient (Wildman–Crippen LogP) is 4.20. The number of carbonyl (C=O) groups is 1. The lowest BCUT2D eigenvalue weighted by atomic mass is 10.2. The lowest BCUT2D eigenvalue weighted by Gasteiger charge is -2.37. The van der Waals surface area contributed by atoms with Gasteiger partial charge < -0.3 is 5.32 Å². The van der Waals surface area contributed by atoms with Gasteiger partial charge in [0.25, 0.3) is 0 Å². The maximum atomic E-state index is 12.5. The van der Waals surface area contributed by atoms with E-state index in [9.17, 15) is 4.79 Å². The Kier molecular flexibility index (Phi) is 6.36. The molecule has 0 radical (unpaired) electrons. The highest BCUT2D eigenvalue weighted by Gasteiger charge is 2.26. The van der Waals surface area contributed by atoms with Crippen LogP contribution in [0.1, 0.15) is 11.8 Å². The van der Waals surface area contributed by atoms with E-state index in [1.807, 2.05) is 6.92 Å². The minimum Gasteiger partial charge on any atom is -0.323 e. The standard InChI is InChI=1S/C18H21Cl2N3OS/c1-13(18(24)21-17-5-4-14(19)11-16(17)20)23-8-6-22(7-9-23)12-15-3-2-10-25-15/h2-5,10-11,13H,6-9,12H2,1H3,(H,21,24)/t13-/m1/s1. The van der Waals surface area contributed by atoms with Crippen molar-refractivity contribution in [1.29, 1.82) is 0 Å². The van der Waals surface area contributed by atoms with Crippen LogP contribution in [0, 0.1) is 0 Å². The molecule has 0 unspecified atom stereocenters. The minimum absolute atomic E-state index is 0.0454. The molecule has 7 heteroatoms. The molecule has 0 bridgehead atoms. The van der Waals surface area contributed by atoms with Gasteiger partial charge in [0.2, 0.25) is 5.91 Å². The van der Waals surface area contributed by atoms with Gasteiger partial charge in [-0.1, -0.05) is 29.3 Å². The highest BCUT2D eigenvalue weighted by atomic mass is 35.5. The molecule has 2 aromatic rings. The Morgan fingerprint density at radius 1 is 1.24 bits per heavy atom. The molecule has 134 valence electrons. The van der Waals surface area contributed by atoms with Crippen molar-refractivity contribution in [3.05, 3.63) is 50.6 Å². The average molecular weight is 398 g/mol. The van der Waals surface area contributed by atoms with Gasteiger partial charge in [0.1, 0.15) is 0 Å². The predicted molar refractivity (Wildman–Crippen MR) is 106 cm³/mol. The van der Waals surface area contributed by atoms with E-state index in [0.29, 0.717) is 15.7 Å². The summed E-state index contributed by atoms with van der Waals surface area (Å²) in [6.45, 7) is 6.64. The molecular weight excluding hydrogens is 377 g/mol. The zero-order chi connectivity index (χ0) is 17.8. The van der Waals surface area contributed by atoms with Crippen molar-refractivity contribution >= 4 is 46.1 Å². The zero-order valence-electron chi connectivity index (χ0n) is 14.0. The molecule has 0 aliphatic carbocycles. The number of thiophene rings is 1. The Morgan fingerprint density at radius 3 is 2.64 bits per heavy atom. The van der Waals surface area contributed by atoms with Crippen molar-refractivity contribution in [2.75, 3.05) is 31.5 Å². The molecular formula is C18H21Cl2N3OS. The molecule has 0 spiro atoms. The van der Waals surface area contributed by atoms with E-state index < -0.39 is 0 Å². The van der Waals surface area contributed by atoms with Gasteiger partial charge in [-0.25, -0.2) is 0 Å². The van der Waals surface area contributed by atoms with Gasteiger partial charge in [0.05, 0.1) is 16.8 Å². The van der Waals surface area contributed by atoms with Crippen LogP contribution in [0.4, 0.5) is 5.69 Å². The van der Waals surface area contributed by atoms with Gasteiger partial charge in [0.15, 0.2) is 0 Å². The number of piperazine rings is 1. The fourth-order valence-corrected chi connectivity index (χ4v) is 4.13. The van der Waals surface area contributed by atoms with E-state index in [1.54, 1.807) is 29.5 Å². The Hall–Kier alpha value is -1.11. The molecule has 1 N–H and O–H groups in total. The number of hydrogen-bond acceptors (Lipinski definition) is 4. The summed E-state index contributed by atoms with van der Waals surface area (Å²) in [5.74, 6) is -0.0454. The highest BCUT2D eigenvalue weighted by Crippen LogP contribution is 2.25. The smallest absolute Gasteiger partial charge is 0.241 e. The second kappa shape index (κ2) is 8.52. The highest BCUT2D eigenvalue weighted by molar-refractivity contribution is 7.09. The second-order valence-electron chi connectivity index (χ2n) is 6.18. The number of halogens is 2. The molecule has 1 aromatic heterocycles. The quantitative estimate of drug-likeness (QED) is 0.820. The molecule has 1 saturated heterocycles. The third kappa shape index (κ3) is 4.96. The summed E-state index contributed by atoms with van der Waals surface area (Å²) in [5.41, 5.74) is 0.597. The Labute approximate surface area is 162 Å². The summed E-state index contributed by atoms with van der Waals surface area (Å²) in [7, 11) is 0. The number of anilines is 1. The van der Waals surface area contributed by atoms with Gasteiger partial charge in [-0.05, 0) is 36.6 Å². The number of nitrogens with one attached hydrogen (secondary N) is 1. The second-order valence-corrected chi connectivity index (χ2v) is 8.06. The zero-order valence-corrected chi connectivity index (χ0v) is 16.4. The summed E-state index contributed by atoms with van der Waals surface area (Å²) in [4.78, 5) is 18.6. The summed E-state index contributed by atoms with van der Waals surface area (Å²) >= 11 is 13.8. The maximum absolute atomic E-state index is 12.5. The Morgan fingerprint density at radius 2 is 2.00 bits per heavy atom. The fraction of sp³-hybridized carbons (Fsp3) is 0.389. The van der Waals surface area contributed by atoms with Gasteiger partial charge in [-0.2, -0.15) is 0 Å². The Balaban J connectivity index is 1.51. The first-order valence-corrected chi connectivity index (χ1v) is 9.91. The molecule has 0 saturated carbocycles. The van der Waals surface area contributed by atoms with Crippen LogP contribution in [-0.4, -0.2) is 47.9 Å². The van der Waals surface area contributed by atoms with Crippen molar-refractivity contribution in [2.45, 2.75) is 19.5 Å². The van der Waals surface area contributed by atoms with Crippen molar-refractivity contribution < 1.29 is 4.79 Å². The van der Waals surface area contributed by atoms with Crippen molar-refractivity contribution in [3.8, 4) is 0 Å². The Bertz CT molecular complexity index is 715. The van der Waals surface area contributed by atoms with Crippen LogP contribution in [0.2, 0.25) is 10.0 Å².